The number of carbonyl (C=O) groups is 2. The molecule has 2 unspecified atom stereocenters. The third-order valence-corrected chi connectivity index (χ3v) is 5.57. The number of benzene rings is 1. The Labute approximate surface area is 169 Å². The first-order chi connectivity index (χ1) is 13.9. The number of likely N-dealkylation sites (tertiary alicyclic amines) is 1. The SMILES string of the molecule is Cc1cc(C(=O)N2CC(C(=O)O)C(c3ccccc3)C2)c2cnn(C(C)C)c2n1. The standard InChI is InChI=1S/C22H24N4O3/c1-13(2)26-20-17(10-23-26)16(9-14(3)24-20)21(27)25-11-18(19(12-25)22(28)29)15-7-5-4-6-8-15/h4-10,13,18-19H,11-12H2,1-3H3,(H,28,29). The van der Waals surface area contributed by atoms with Gasteiger partial charge in [-0.3, -0.25) is 9.59 Å². The lowest BCUT2D eigenvalue weighted by atomic mass is 9.89. The monoisotopic (exact) mass is 392 g/mol. The molecule has 0 bridgehead atoms. The van der Waals surface area contributed by atoms with Gasteiger partial charge in [0.25, 0.3) is 5.91 Å². The first-order valence-corrected chi connectivity index (χ1v) is 9.78. The summed E-state index contributed by atoms with van der Waals surface area (Å²) in [6.45, 7) is 6.45. The topological polar surface area (TPSA) is 88.3 Å². The van der Waals surface area contributed by atoms with Gasteiger partial charge in [-0.05, 0) is 32.4 Å². The third-order valence-electron chi connectivity index (χ3n) is 5.57. The molecule has 0 saturated carbocycles. The molecule has 1 N–H and O–H groups in total. The minimum atomic E-state index is -0.877. The van der Waals surface area contributed by atoms with E-state index in [2.05, 4.69) is 10.1 Å². The van der Waals surface area contributed by atoms with E-state index in [1.54, 1.807) is 21.8 Å². The highest BCUT2D eigenvalue weighted by Crippen LogP contribution is 2.34. The van der Waals surface area contributed by atoms with Gasteiger partial charge in [-0.2, -0.15) is 5.10 Å². The van der Waals surface area contributed by atoms with Crippen molar-refractivity contribution in [2.75, 3.05) is 13.1 Å². The average molecular weight is 392 g/mol. The number of carboxylic acids is 1. The van der Waals surface area contributed by atoms with Crippen LogP contribution in [0.25, 0.3) is 11.0 Å². The van der Waals surface area contributed by atoms with Crippen LogP contribution in [0.15, 0.2) is 42.6 Å². The van der Waals surface area contributed by atoms with Crippen molar-refractivity contribution in [1.29, 1.82) is 0 Å². The fourth-order valence-electron chi connectivity index (χ4n) is 4.13. The predicted octanol–water partition coefficient (Wildman–Crippen LogP) is 3.26. The lowest BCUT2D eigenvalue weighted by Crippen LogP contribution is -2.30. The summed E-state index contributed by atoms with van der Waals surface area (Å²) in [7, 11) is 0. The van der Waals surface area contributed by atoms with Gasteiger partial charge in [0.1, 0.15) is 0 Å². The highest BCUT2D eigenvalue weighted by Gasteiger charge is 2.41. The van der Waals surface area contributed by atoms with Crippen LogP contribution in [0, 0.1) is 12.8 Å². The summed E-state index contributed by atoms with van der Waals surface area (Å²) in [6, 6.07) is 11.4. The lowest BCUT2D eigenvalue weighted by molar-refractivity contribution is -0.141. The number of aliphatic carboxylic acids is 1. The van der Waals surface area contributed by atoms with Crippen LogP contribution in [-0.4, -0.2) is 49.7 Å². The quantitative estimate of drug-likeness (QED) is 0.736. The minimum absolute atomic E-state index is 0.121. The van der Waals surface area contributed by atoms with Crippen LogP contribution in [0.3, 0.4) is 0 Å². The number of amides is 1. The molecule has 1 aromatic carbocycles. The van der Waals surface area contributed by atoms with Gasteiger partial charge in [-0.1, -0.05) is 30.3 Å². The maximum absolute atomic E-state index is 13.4. The molecule has 1 aliphatic rings. The molecule has 7 nitrogen and oxygen atoms in total. The zero-order valence-electron chi connectivity index (χ0n) is 16.7. The molecule has 0 aliphatic carbocycles. The average Bonchev–Trinajstić information content (AvgIpc) is 3.32. The Hall–Kier alpha value is -3.22. The van der Waals surface area contributed by atoms with Crippen LogP contribution in [0.1, 0.15) is 47.4 Å². The van der Waals surface area contributed by atoms with E-state index in [0.29, 0.717) is 23.1 Å². The van der Waals surface area contributed by atoms with Gasteiger partial charge in [0.15, 0.2) is 5.65 Å². The molecule has 150 valence electrons. The molecule has 1 fully saturated rings. The fraction of sp³-hybridized carbons (Fsp3) is 0.364. The number of carboxylic acid groups (broad SMARTS) is 1. The molecule has 1 aliphatic heterocycles. The van der Waals surface area contributed by atoms with E-state index in [9.17, 15) is 14.7 Å². The largest absolute Gasteiger partial charge is 0.481 e. The molecule has 1 saturated heterocycles. The summed E-state index contributed by atoms with van der Waals surface area (Å²) in [6.07, 6.45) is 1.68. The summed E-state index contributed by atoms with van der Waals surface area (Å²) >= 11 is 0. The van der Waals surface area contributed by atoms with Crippen molar-refractivity contribution < 1.29 is 14.7 Å². The van der Waals surface area contributed by atoms with Crippen molar-refractivity contribution in [3.63, 3.8) is 0 Å². The molecule has 7 heteroatoms. The van der Waals surface area contributed by atoms with Gasteiger partial charge >= 0.3 is 5.97 Å². The van der Waals surface area contributed by atoms with Crippen molar-refractivity contribution in [2.24, 2.45) is 5.92 Å². The molecular weight excluding hydrogens is 368 g/mol. The van der Waals surface area contributed by atoms with E-state index in [1.165, 1.54) is 0 Å². The molecule has 29 heavy (non-hydrogen) atoms. The second-order valence-electron chi connectivity index (χ2n) is 7.90. The molecule has 3 heterocycles. The van der Waals surface area contributed by atoms with Crippen LogP contribution in [0.4, 0.5) is 0 Å². The minimum Gasteiger partial charge on any atom is -0.481 e. The molecule has 0 spiro atoms. The van der Waals surface area contributed by atoms with E-state index >= 15 is 0 Å². The highest BCUT2D eigenvalue weighted by atomic mass is 16.4. The molecule has 2 atom stereocenters. The predicted molar refractivity (Wildman–Crippen MR) is 109 cm³/mol. The van der Waals surface area contributed by atoms with Crippen molar-refractivity contribution in [2.45, 2.75) is 32.7 Å². The Balaban J connectivity index is 1.71. The Bertz CT molecular complexity index is 1070. The van der Waals surface area contributed by atoms with Gasteiger partial charge in [0.05, 0.1) is 23.1 Å². The third kappa shape index (κ3) is 3.37. The number of aromatic nitrogens is 3. The van der Waals surface area contributed by atoms with E-state index in [1.807, 2.05) is 51.1 Å². The summed E-state index contributed by atoms with van der Waals surface area (Å²) in [5.74, 6) is -1.90. The number of aryl methyl sites for hydroxylation is 1. The number of fused-ring (bicyclic) bond motifs is 1. The van der Waals surface area contributed by atoms with E-state index in [0.717, 1.165) is 11.3 Å². The van der Waals surface area contributed by atoms with Gasteiger partial charge < -0.3 is 10.0 Å². The second kappa shape index (κ2) is 7.31. The first kappa shape index (κ1) is 19.1. The van der Waals surface area contributed by atoms with Crippen molar-refractivity contribution in [3.8, 4) is 0 Å². The second-order valence-corrected chi connectivity index (χ2v) is 7.90. The number of pyridine rings is 1. The highest BCUT2D eigenvalue weighted by molar-refractivity contribution is 6.05. The van der Waals surface area contributed by atoms with Crippen LogP contribution in [0.2, 0.25) is 0 Å². The Morgan fingerprint density at radius 1 is 1.17 bits per heavy atom. The van der Waals surface area contributed by atoms with Crippen LogP contribution >= 0.6 is 0 Å². The van der Waals surface area contributed by atoms with Gasteiger partial charge in [-0.15, -0.1) is 0 Å². The van der Waals surface area contributed by atoms with E-state index in [-0.39, 0.29) is 24.4 Å². The van der Waals surface area contributed by atoms with Crippen molar-refractivity contribution in [3.05, 3.63) is 59.4 Å². The Kier molecular flexibility index (Phi) is 4.82. The van der Waals surface area contributed by atoms with Crippen LogP contribution < -0.4 is 0 Å². The normalized spacial score (nSPS) is 19.2. The van der Waals surface area contributed by atoms with Crippen molar-refractivity contribution >= 4 is 22.9 Å². The smallest absolute Gasteiger partial charge is 0.308 e. The zero-order chi connectivity index (χ0) is 20.7. The summed E-state index contributed by atoms with van der Waals surface area (Å²) in [5.41, 5.74) is 2.88. The summed E-state index contributed by atoms with van der Waals surface area (Å²) in [4.78, 5) is 31.5. The zero-order valence-corrected chi connectivity index (χ0v) is 16.7. The number of hydrogen-bond donors (Lipinski definition) is 1. The van der Waals surface area contributed by atoms with Gasteiger partial charge in [0, 0.05) is 30.7 Å². The lowest BCUT2D eigenvalue weighted by Gasteiger charge is -2.17. The van der Waals surface area contributed by atoms with Gasteiger partial charge in [0.2, 0.25) is 0 Å². The van der Waals surface area contributed by atoms with Crippen LogP contribution in [-0.2, 0) is 4.79 Å². The van der Waals surface area contributed by atoms with Crippen LogP contribution in [0.5, 0.6) is 0 Å². The summed E-state index contributed by atoms with van der Waals surface area (Å²) in [5, 5.41) is 14.8. The molecule has 4 rings (SSSR count). The number of carbonyl (C=O) groups excluding carboxylic acids is 1. The van der Waals surface area contributed by atoms with E-state index < -0.39 is 11.9 Å². The first-order valence-electron chi connectivity index (χ1n) is 9.78. The Morgan fingerprint density at radius 3 is 2.55 bits per heavy atom. The fourth-order valence-corrected chi connectivity index (χ4v) is 4.13. The van der Waals surface area contributed by atoms with E-state index in [4.69, 9.17) is 0 Å². The van der Waals surface area contributed by atoms with Crippen molar-refractivity contribution in [1.82, 2.24) is 19.7 Å². The number of nitrogens with zero attached hydrogens (tertiary/aromatic N) is 4. The summed E-state index contributed by atoms with van der Waals surface area (Å²) < 4.78 is 1.80. The Morgan fingerprint density at radius 2 is 1.90 bits per heavy atom. The van der Waals surface area contributed by atoms with Gasteiger partial charge in [-0.25, -0.2) is 9.67 Å². The maximum atomic E-state index is 13.4. The maximum Gasteiger partial charge on any atom is 0.308 e. The molecule has 2 aromatic heterocycles. The molecular formula is C22H24N4O3. The number of hydrogen-bond acceptors (Lipinski definition) is 4. The molecule has 0 radical (unpaired) electrons. The molecule has 3 aromatic rings. The number of rotatable bonds is 4. The molecule has 1 amide bonds.